The van der Waals surface area contributed by atoms with Gasteiger partial charge in [-0.2, -0.15) is 22.0 Å². The monoisotopic (exact) mass is 329 g/mol. The van der Waals surface area contributed by atoms with E-state index in [4.69, 9.17) is 22.7 Å². The third kappa shape index (κ3) is 4.50. The molecule has 0 spiro atoms. The molecule has 0 saturated heterocycles. The Morgan fingerprint density at radius 2 is 1.86 bits per heavy atom. The zero-order valence-electron chi connectivity index (χ0n) is 10.8. The zero-order chi connectivity index (χ0) is 16.3. The predicted octanol–water partition coefficient (Wildman–Crippen LogP) is 3.04. The molecule has 0 saturated carbocycles. The number of methoxy groups -OCH3 is 1. The van der Waals surface area contributed by atoms with Gasteiger partial charge in [0.25, 0.3) is 0 Å². The molecule has 0 bridgehead atoms. The smallest absolute Gasteiger partial charge is 0.455 e. The van der Waals surface area contributed by atoms with Gasteiger partial charge in [0.05, 0.1) is 13.7 Å². The molecule has 2 N–H and O–H groups in total. The van der Waals surface area contributed by atoms with Gasteiger partial charge in [-0.05, 0) is 18.2 Å². The fraction of sp³-hybridized carbons (Fsp3) is 0.417. The van der Waals surface area contributed by atoms with Crippen LogP contribution in [0.5, 0.6) is 5.75 Å². The minimum Gasteiger partial charge on any atom is -0.496 e. The first kappa shape index (κ1) is 17.6. The van der Waals surface area contributed by atoms with E-state index in [9.17, 15) is 22.0 Å². The largest absolute Gasteiger partial charge is 0.496 e. The standard InChI is InChI=1S/C12H12F5NO2S/c1-19-9-3-2-7(10(18)21)4-8(9)5-20-6-11(13,14)12(15,16)17/h2-4H,5-6H2,1H3,(H2,18,21). The van der Waals surface area contributed by atoms with Crippen LogP contribution in [0.4, 0.5) is 22.0 Å². The van der Waals surface area contributed by atoms with Crippen LogP contribution in [-0.2, 0) is 11.3 Å². The molecule has 0 heterocycles. The SMILES string of the molecule is COc1ccc(C(N)=S)cc1COCC(F)(F)C(F)(F)F. The van der Waals surface area contributed by atoms with Crippen molar-refractivity contribution in [2.24, 2.45) is 5.73 Å². The van der Waals surface area contributed by atoms with Gasteiger partial charge in [0.1, 0.15) is 17.3 Å². The van der Waals surface area contributed by atoms with E-state index in [1.807, 2.05) is 0 Å². The molecule has 0 fully saturated rings. The van der Waals surface area contributed by atoms with E-state index in [1.165, 1.54) is 25.3 Å². The number of benzene rings is 1. The zero-order valence-corrected chi connectivity index (χ0v) is 11.7. The highest BCUT2D eigenvalue weighted by Gasteiger charge is 2.57. The van der Waals surface area contributed by atoms with E-state index in [1.54, 1.807) is 0 Å². The summed E-state index contributed by atoms with van der Waals surface area (Å²) in [5.74, 6) is -4.65. The first-order valence-electron chi connectivity index (χ1n) is 5.57. The van der Waals surface area contributed by atoms with E-state index in [0.29, 0.717) is 5.56 Å². The number of hydrogen-bond donors (Lipinski definition) is 1. The maximum absolute atomic E-state index is 12.7. The number of alkyl halides is 5. The Morgan fingerprint density at radius 3 is 2.33 bits per heavy atom. The summed E-state index contributed by atoms with van der Waals surface area (Å²) in [7, 11) is 1.32. The van der Waals surface area contributed by atoms with Crippen molar-refractivity contribution in [2.75, 3.05) is 13.7 Å². The first-order chi connectivity index (χ1) is 9.58. The van der Waals surface area contributed by atoms with Crippen LogP contribution in [0.2, 0.25) is 0 Å². The van der Waals surface area contributed by atoms with Crippen molar-refractivity contribution in [2.45, 2.75) is 18.7 Å². The topological polar surface area (TPSA) is 44.5 Å². The Hall–Kier alpha value is -1.48. The summed E-state index contributed by atoms with van der Waals surface area (Å²) in [6, 6.07) is 4.41. The van der Waals surface area contributed by atoms with Gasteiger partial charge in [-0.15, -0.1) is 0 Å². The van der Waals surface area contributed by atoms with E-state index in [0.717, 1.165) is 0 Å². The van der Waals surface area contributed by atoms with Gasteiger partial charge < -0.3 is 15.2 Å². The van der Waals surface area contributed by atoms with Crippen molar-refractivity contribution >= 4 is 17.2 Å². The molecule has 0 aliphatic heterocycles. The number of nitrogens with two attached hydrogens (primary N) is 1. The summed E-state index contributed by atoms with van der Waals surface area (Å²) < 4.78 is 70.8. The van der Waals surface area contributed by atoms with Crippen LogP contribution in [-0.4, -0.2) is 30.8 Å². The van der Waals surface area contributed by atoms with Crippen molar-refractivity contribution in [1.82, 2.24) is 0 Å². The molecule has 21 heavy (non-hydrogen) atoms. The molecule has 0 amide bonds. The van der Waals surface area contributed by atoms with E-state index in [-0.39, 0.29) is 16.3 Å². The maximum Gasteiger partial charge on any atom is 0.455 e. The van der Waals surface area contributed by atoms with Crippen molar-refractivity contribution in [3.8, 4) is 5.75 Å². The highest BCUT2D eigenvalue weighted by atomic mass is 32.1. The highest BCUT2D eigenvalue weighted by molar-refractivity contribution is 7.80. The first-order valence-corrected chi connectivity index (χ1v) is 5.98. The summed E-state index contributed by atoms with van der Waals surface area (Å²) >= 11 is 4.75. The molecule has 0 atom stereocenters. The van der Waals surface area contributed by atoms with E-state index < -0.39 is 25.3 Å². The summed E-state index contributed by atoms with van der Waals surface area (Å²) in [5.41, 5.74) is 6.10. The van der Waals surface area contributed by atoms with E-state index >= 15 is 0 Å². The van der Waals surface area contributed by atoms with Crippen molar-refractivity contribution in [3.05, 3.63) is 29.3 Å². The summed E-state index contributed by atoms with van der Waals surface area (Å²) in [6.07, 6.45) is -5.66. The Labute approximate surface area is 122 Å². The lowest BCUT2D eigenvalue weighted by molar-refractivity contribution is -0.297. The fourth-order valence-electron chi connectivity index (χ4n) is 1.42. The number of ether oxygens (including phenoxy) is 2. The van der Waals surface area contributed by atoms with Gasteiger partial charge in [0.15, 0.2) is 0 Å². The highest BCUT2D eigenvalue weighted by Crippen LogP contribution is 2.35. The molecule has 1 rings (SSSR count). The summed E-state index contributed by atoms with van der Waals surface area (Å²) in [6.45, 7) is -2.28. The molecule has 1 aromatic rings. The number of thiocarbonyl (C=S) groups is 1. The second-order valence-electron chi connectivity index (χ2n) is 4.09. The normalized spacial score (nSPS) is 12.3. The molecular weight excluding hydrogens is 317 g/mol. The third-order valence-corrected chi connectivity index (χ3v) is 2.76. The van der Waals surface area contributed by atoms with Crippen molar-refractivity contribution < 1.29 is 31.4 Å². The van der Waals surface area contributed by atoms with Gasteiger partial charge in [0, 0.05) is 11.1 Å². The van der Waals surface area contributed by atoms with Crippen LogP contribution in [0.25, 0.3) is 0 Å². The van der Waals surface area contributed by atoms with Gasteiger partial charge in [-0.1, -0.05) is 12.2 Å². The molecule has 118 valence electrons. The van der Waals surface area contributed by atoms with Gasteiger partial charge in [-0.3, -0.25) is 0 Å². The lowest BCUT2D eigenvalue weighted by Crippen LogP contribution is -2.40. The molecule has 0 aliphatic carbocycles. The lowest BCUT2D eigenvalue weighted by Gasteiger charge is -2.19. The second-order valence-corrected chi connectivity index (χ2v) is 4.53. The van der Waals surface area contributed by atoms with Gasteiger partial charge >= 0.3 is 12.1 Å². The Balaban J connectivity index is 2.79. The molecule has 9 heteroatoms. The van der Waals surface area contributed by atoms with Crippen molar-refractivity contribution in [3.63, 3.8) is 0 Å². The maximum atomic E-state index is 12.7. The van der Waals surface area contributed by atoms with Crippen LogP contribution < -0.4 is 10.5 Å². The Bertz CT molecular complexity index is 519. The van der Waals surface area contributed by atoms with Gasteiger partial charge in [0.2, 0.25) is 0 Å². The van der Waals surface area contributed by atoms with E-state index in [2.05, 4.69) is 4.74 Å². The van der Waals surface area contributed by atoms with Crippen LogP contribution in [0.3, 0.4) is 0 Å². The minimum absolute atomic E-state index is 0.0551. The van der Waals surface area contributed by atoms with Crippen LogP contribution >= 0.6 is 12.2 Å². The molecule has 0 aromatic heterocycles. The molecule has 0 aliphatic rings. The second kappa shape index (κ2) is 6.52. The number of rotatable bonds is 6. The summed E-state index contributed by atoms with van der Waals surface area (Å²) in [5, 5.41) is 0. The van der Waals surface area contributed by atoms with Crippen LogP contribution in [0.15, 0.2) is 18.2 Å². The van der Waals surface area contributed by atoms with Crippen molar-refractivity contribution in [1.29, 1.82) is 0 Å². The average Bonchev–Trinajstić information content (AvgIpc) is 2.36. The quantitative estimate of drug-likeness (QED) is 0.644. The summed E-state index contributed by atoms with van der Waals surface area (Å²) in [4.78, 5) is 0.0551. The van der Waals surface area contributed by atoms with Gasteiger partial charge in [-0.25, -0.2) is 0 Å². The minimum atomic E-state index is -5.66. The number of halogens is 5. The Morgan fingerprint density at radius 1 is 1.24 bits per heavy atom. The molecule has 3 nitrogen and oxygen atoms in total. The Kier molecular flexibility index (Phi) is 5.46. The molecule has 0 unspecified atom stereocenters. The molecule has 1 aromatic carbocycles. The molecular formula is C12H12F5NO2S. The average molecular weight is 329 g/mol. The number of hydrogen-bond acceptors (Lipinski definition) is 3. The molecule has 0 radical (unpaired) electrons. The fourth-order valence-corrected chi connectivity index (χ4v) is 1.54. The third-order valence-electron chi connectivity index (χ3n) is 2.52. The van der Waals surface area contributed by atoms with Crippen LogP contribution in [0, 0.1) is 0 Å². The predicted molar refractivity (Wildman–Crippen MR) is 69.5 cm³/mol. The van der Waals surface area contributed by atoms with Crippen LogP contribution in [0.1, 0.15) is 11.1 Å². The lowest BCUT2D eigenvalue weighted by atomic mass is 10.1.